The summed E-state index contributed by atoms with van der Waals surface area (Å²) in [6.07, 6.45) is 0. The molecule has 1 atom stereocenters. The number of halogens is 1. The maximum atomic E-state index is 13.9. The lowest BCUT2D eigenvalue weighted by molar-refractivity contribution is -0.123. The van der Waals surface area contributed by atoms with Crippen LogP contribution in [0.25, 0.3) is 0 Å². The number of thioether (sulfide) groups is 1. The Morgan fingerprint density at radius 3 is 2.43 bits per heavy atom. The van der Waals surface area contributed by atoms with E-state index in [1.54, 1.807) is 29.2 Å². The van der Waals surface area contributed by atoms with Crippen molar-refractivity contribution in [1.82, 2.24) is 4.90 Å². The number of carbonyl (C=O) groups is 2. The molecule has 1 unspecified atom stereocenters. The quantitative estimate of drug-likeness (QED) is 0.587. The summed E-state index contributed by atoms with van der Waals surface area (Å²) in [6.45, 7) is 0.993. The number of fused-ring (bicyclic) bond motifs is 2. The molecular formula is C24H19ClN2O2S. The fourth-order valence-electron chi connectivity index (χ4n) is 4.24. The van der Waals surface area contributed by atoms with Gasteiger partial charge in [-0.3, -0.25) is 9.59 Å². The summed E-state index contributed by atoms with van der Waals surface area (Å²) in [5.74, 6) is 0.497. The van der Waals surface area contributed by atoms with Gasteiger partial charge in [0.25, 0.3) is 11.8 Å². The number of amides is 2. The average Bonchev–Trinajstić information content (AvgIpc) is 3.32. The monoisotopic (exact) mass is 434 g/mol. The smallest absolute Gasteiger partial charge is 0.268 e. The van der Waals surface area contributed by atoms with Crippen molar-refractivity contribution in [3.05, 3.63) is 101 Å². The summed E-state index contributed by atoms with van der Waals surface area (Å²) >= 11 is 7.53. The van der Waals surface area contributed by atoms with Gasteiger partial charge in [0, 0.05) is 28.4 Å². The maximum Gasteiger partial charge on any atom is 0.268 e. The van der Waals surface area contributed by atoms with Gasteiger partial charge >= 0.3 is 0 Å². The Hall–Kier alpha value is -2.76. The van der Waals surface area contributed by atoms with E-state index in [0.29, 0.717) is 29.4 Å². The second-order valence-electron chi connectivity index (χ2n) is 7.35. The van der Waals surface area contributed by atoms with Crippen LogP contribution >= 0.6 is 23.4 Å². The molecule has 2 amide bonds. The number of hydrogen-bond acceptors (Lipinski definition) is 3. The number of hydrogen-bond donors (Lipinski definition) is 0. The minimum Gasteiger partial charge on any atom is -0.311 e. The van der Waals surface area contributed by atoms with Crippen LogP contribution in [0.15, 0.2) is 78.9 Å². The Kier molecular flexibility index (Phi) is 4.80. The van der Waals surface area contributed by atoms with E-state index in [0.717, 1.165) is 16.8 Å². The highest BCUT2D eigenvalue weighted by molar-refractivity contribution is 8.01. The van der Waals surface area contributed by atoms with Crippen LogP contribution in [-0.4, -0.2) is 29.0 Å². The molecule has 1 saturated heterocycles. The normalized spacial score (nSPS) is 20.1. The van der Waals surface area contributed by atoms with Crippen LogP contribution in [0.4, 0.5) is 5.69 Å². The van der Waals surface area contributed by atoms with Gasteiger partial charge in [-0.2, -0.15) is 0 Å². The van der Waals surface area contributed by atoms with Crippen LogP contribution in [-0.2, 0) is 16.2 Å². The molecule has 5 rings (SSSR count). The van der Waals surface area contributed by atoms with Crippen molar-refractivity contribution < 1.29 is 9.59 Å². The Bertz CT molecular complexity index is 1120. The third kappa shape index (κ3) is 2.92. The molecule has 3 aromatic carbocycles. The zero-order valence-corrected chi connectivity index (χ0v) is 17.7. The predicted molar refractivity (Wildman–Crippen MR) is 121 cm³/mol. The Balaban J connectivity index is 1.57. The number of carbonyl (C=O) groups excluding carboxylic acids is 2. The molecular weight excluding hydrogens is 416 g/mol. The van der Waals surface area contributed by atoms with Gasteiger partial charge in [-0.15, -0.1) is 11.8 Å². The van der Waals surface area contributed by atoms with Crippen molar-refractivity contribution in [2.45, 2.75) is 11.4 Å². The molecule has 2 aliphatic rings. The molecule has 30 heavy (non-hydrogen) atoms. The molecule has 0 bridgehead atoms. The summed E-state index contributed by atoms with van der Waals surface area (Å²) in [6, 6.07) is 24.6. The van der Waals surface area contributed by atoms with Gasteiger partial charge in [-0.05, 0) is 35.9 Å². The summed E-state index contributed by atoms with van der Waals surface area (Å²) in [5.41, 5.74) is 3.34. The van der Waals surface area contributed by atoms with E-state index in [2.05, 4.69) is 0 Å². The van der Waals surface area contributed by atoms with Crippen molar-refractivity contribution in [2.75, 3.05) is 17.2 Å². The van der Waals surface area contributed by atoms with Crippen LogP contribution in [0.3, 0.4) is 0 Å². The highest BCUT2D eigenvalue weighted by Crippen LogP contribution is 2.54. The third-order valence-electron chi connectivity index (χ3n) is 5.62. The van der Waals surface area contributed by atoms with E-state index >= 15 is 0 Å². The Labute approximate surface area is 184 Å². The van der Waals surface area contributed by atoms with E-state index < -0.39 is 4.87 Å². The predicted octanol–water partition coefficient (Wildman–Crippen LogP) is 4.93. The summed E-state index contributed by atoms with van der Waals surface area (Å²) < 4.78 is 0. The SMILES string of the molecule is O=C(c1ccc(Cl)cc1)N1CCSC12C(=O)N(Cc1ccccc1)c1ccccc12. The third-order valence-corrected chi connectivity index (χ3v) is 7.29. The lowest BCUT2D eigenvalue weighted by atomic mass is 10.0. The van der Waals surface area contributed by atoms with Crippen LogP contribution < -0.4 is 4.90 Å². The summed E-state index contributed by atoms with van der Waals surface area (Å²) in [4.78, 5) is 29.8. The minimum absolute atomic E-state index is 0.0580. The highest BCUT2D eigenvalue weighted by Gasteiger charge is 2.59. The van der Waals surface area contributed by atoms with Gasteiger partial charge in [-0.25, -0.2) is 0 Å². The molecule has 1 fully saturated rings. The molecule has 0 aromatic heterocycles. The largest absolute Gasteiger partial charge is 0.311 e. The fraction of sp³-hybridized carbons (Fsp3) is 0.167. The van der Waals surface area contributed by atoms with Gasteiger partial charge in [-0.1, -0.05) is 60.1 Å². The van der Waals surface area contributed by atoms with Crippen molar-refractivity contribution in [3.8, 4) is 0 Å². The zero-order chi connectivity index (χ0) is 20.7. The first-order chi connectivity index (χ1) is 14.6. The van der Waals surface area contributed by atoms with Crippen molar-refractivity contribution in [3.63, 3.8) is 0 Å². The van der Waals surface area contributed by atoms with E-state index in [1.807, 2.05) is 59.5 Å². The van der Waals surface area contributed by atoms with Crippen molar-refractivity contribution in [2.24, 2.45) is 0 Å². The molecule has 2 aliphatic heterocycles. The van der Waals surface area contributed by atoms with Crippen LogP contribution in [0, 0.1) is 0 Å². The molecule has 0 N–H and O–H groups in total. The highest BCUT2D eigenvalue weighted by atomic mass is 35.5. The molecule has 0 aliphatic carbocycles. The first kappa shape index (κ1) is 19.2. The standard InChI is InChI=1S/C24H19ClN2O2S/c25-19-12-10-18(11-13-19)22(28)27-14-15-30-24(27)20-8-4-5-9-21(20)26(23(24)29)16-17-6-2-1-3-7-17/h1-13H,14-16H2. The minimum atomic E-state index is -1.03. The second kappa shape index (κ2) is 7.49. The first-order valence-corrected chi connectivity index (χ1v) is 11.1. The molecule has 3 aromatic rings. The van der Waals surface area contributed by atoms with Crippen molar-refractivity contribution >= 4 is 40.9 Å². The van der Waals surface area contributed by atoms with Crippen LogP contribution in [0.1, 0.15) is 21.5 Å². The number of rotatable bonds is 3. The molecule has 2 heterocycles. The molecule has 4 nitrogen and oxygen atoms in total. The molecule has 0 saturated carbocycles. The lowest BCUT2D eigenvalue weighted by Gasteiger charge is -2.33. The molecule has 150 valence electrons. The molecule has 6 heteroatoms. The van der Waals surface area contributed by atoms with Crippen molar-refractivity contribution in [1.29, 1.82) is 0 Å². The number of nitrogens with zero attached hydrogens (tertiary/aromatic N) is 2. The van der Waals surface area contributed by atoms with Crippen LogP contribution in [0.2, 0.25) is 5.02 Å². The van der Waals surface area contributed by atoms with Gasteiger partial charge in [0.1, 0.15) is 0 Å². The number of para-hydroxylation sites is 1. The molecule has 0 radical (unpaired) electrons. The van der Waals surface area contributed by atoms with E-state index in [9.17, 15) is 9.59 Å². The van der Waals surface area contributed by atoms with Crippen LogP contribution in [0.5, 0.6) is 0 Å². The summed E-state index contributed by atoms with van der Waals surface area (Å²) in [7, 11) is 0. The van der Waals surface area contributed by atoms with E-state index in [1.165, 1.54) is 11.8 Å². The number of anilines is 1. The zero-order valence-electron chi connectivity index (χ0n) is 16.1. The van der Waals surface area contributed by atoms with Gasteiger partial charge in [0.2, 0.25) is 0 Å². The lowest BCUT2D eigenvalue weighted by Crippen LogP contribution is -2.50. The van der Waals surface area contributed by atoms with E-state index in [-0.39, 0.29) is 11.8 Å². The first-order valence-electron chi connectivity index (χ1n) is 9.78. The van der Waals surface area contributed by atoms with Gasteiger partial charge < -0.3 is 9.80 Å². The van der Waals surface area contributed by atoms with Gasteiger partial charge in [0.15, 0.2) is 4.87 Å². The topological polar surface area (TPSA) is 40.6 Å². The molecule has 1 spiro atoms. The Morgan fingerprint density at radius 1 is 0.967 bits per heavy atom. The van der Waals surface area contributed by atoms with Gasteiger partial charge in [0.05, 0.1) is 12.2 Å². The van der Waals surface area contributed by atoms with E-state index in [4.69, 9.17) is 11.6 Å². The second-order valence-corrected chi connectivity index (χ2v) is 9.07. The maximum absolute atomic E-state index is 13.9. The summed E-state index contributed by atoms with van der Waals surface area (Å²) in [5, 5.41) is 0.577. The number of benzene rings is 3. The fourth-order valence-corrected chi connectivity index (χ4v) is 5.83. The Morgan fingerprint density at radius 2 is 1.67 bits per heavy atom. The average molecular weight is 435 g/mol.